The van der Waals surface area contributed by atoms with Crippen LogP contribution in [-0.4, -0.2) is 35.3 Å². The van der Waals surface area contributed by atoms with Crippen molar-refractivity contribution in [3.8, 4) is 0 Å². The number of halogens is 1. The minimum absolute atomic E-state index is 0. The van der Waals surface area contributed by atoms with Crippen molar-refractivity contribution >= 4 is 32.3 Å². The maximum atomic E-state index is 15.3. The molecule has 36 heavy (non-hydrogen) atoms. The van der Waals surface area contributed by atoms with Gasteiger partial charge in [0.15, 0.2) is 9.84 Å². The molecule has 1 amide bonds. The van der Waals surface area contributed by atoms with E-state index in [2.05, 4.69) is 15.4 Å². The van der Waals surface area contributed by atoms with Gasteiger partial charge in [0.05, 0.1) is 34.3 Å². The van der Waals surface area contributed by atoms with Gasteiger partial charge in [-0.3, -0.25) is 14.5 Å². The second-order valence-corrected chi connectivity index (χ2v) is 12.0. The van der Waals surface area contributed by atoms with E-state index in [-0.39, 0.29) is 24.2 Å². The summed E-state index contributed by atoms with van der Waals surface area (Å²) in [6.45, 7) is 7.70. The highest BCUT2D eigenvalue weighted by Gasteiger charge is 2.17. The van der Waals surface area contributed by atoms with Crippen molar-refractivity contribution in [2.45, 2.75) is 51.0 Å². The van der Waals surface area contributed by atoms with Crippen LogP contribution in [-0.2, 0) is 33.0 Å². The topological polar surface area (TPSA) is 93.9 Å². The van der Waals surface area contributed by atoms with Gasteiger partial charge in [0.2, 0.25) is 5.91 Å². The lowest BCUT2D eigenvalue weighted by Gasteiger charge is -2.18. The van der Waals surface area contributed by atoms with E-state index in [1.807, 2.05) is 32.9 Å². The van der Waals surface area contributed by atoms with E-state index in [0.29, 0.717) is 34.1 Å². The zero-order valence-electron chi connectivity index (χ0n) is 21.0. The van der Waals surface area contributed by atoms with Crippen LogP contribution in [0.15, 0.2) is 59.9 Å². The summed E-state index contributed by atoms with van der Waals surface area (Å²) in [6, 6.07) is 10.1. The molecular weight excluding hydrogens is 479 g/mol. The zero-order valence-corrected chi connectivity index (χ0v) is 21.8. The van der Waals surface area contributed by atoms with E-state index < -0.39 is 15.7 Å². The number of hydrogen-bond acceptors (Lipinski definition) is 5. The van der Waals surface area contributed by atoms with Crippen LogP contribution in [0.25, 0.3) is 10.9 Å². The molecule has 190 valence electrons. The standard InChI is InChI=1S/C27H29FN4O3S.H2/c1-17-18(12-19-10-11-29-24-9-8-22(14-23(19)24)36(5,34)35)6-7-20(26(17)28)13-25(33)31-21-15-30-32(16-21)27(2,3)4;/h6-11,14-16H,12-13H2,1-5H3,(H,31,33);1H. The van der Waals surface area contributed by atoms with Crippen molar-refractivity contribution < 1.29 is 19.0 Å². The van der Waals surface area contributed by atoms with Crippen LogP contribution >= 0.6 is 0 Å². The van der Waals surface area contributed by atoms with Crippen molar-refractivity contribution in [1.82, 2.24) is 14.8 Å². The highest BCUT2D eigenvalue weighted by Crippen LogP contribution is 2.26. The summed E-state index contributed by atoms with van der Waals surface area (Å²) in [4.78, 5) is 17.1. The first-order valence-corrected chi connectivity index (χ1v) is 13.4. The van der Waals surface area contributed by atoms with Crippen molar-refractivity contribution in [2.24, 2.45) is 0 Å². The molecule has 0 bridgehead atoms. The number of pyridine rings is 1. The molecule has 7 nitrogen and oxygen atoms in total. The number of benzene rings is 2. The van der Waals surface area contributed by atoms with Crippen LogP contribution in [0.1, 0.15) is 44.5 Å². The molecular formula is C27H31FN4O3S. The summed E-state index contributed by atoms with van der Waals surface area (Å²) in [5, 5.41) is 7.75. The number of anilines is 1. The predicted octanol–water partition coefficient (Wildman–Crippen LogP) is 5.06. The number of aromatic nitrogens is 3. The average molecular weight is 511 g/mol. The molecule has 0 saturated heterocycles. The molecule has 0 aliphatic rings. The van der Waals surface area contributed by atoms with Gasteiger partial charge in [0.25, 0.3) is 0 Å². The number of hydrogen-bond donors (Lipinski definition) is 1. The van der Waals surface area contributed by atoms with Crippen molar-refractivity contribution in [3.05, 3.63) is 83.1 Å². The Morgan fingerprint density at radius 3 is 2.50 bits per heavy atom. The highest BCUT2D eigenvalue weighted by molar-refractivity contribution is 7.90. The molecule has 2 heterocycles. The van der Waals surface area contributed by atoms with E-state index in [4.69, 9.17) is 0 Å². The third-order valence-electron chi connectivity index (χ3n) is 6.10. The molecule has 0 aliphatic carbocycles. The molecule has 0 saturated carbocycles. The molecule has 0 radical (unpaired) electrons. The minimum atomic E-state index is -3.38. The summed E-state index contributed by atoms with van der Waals surface area (Å²) >= 11 is 0. The first kappa shape index (κ1) is 25.5. The number of carbonyl (C=O) groups is 1. The predicted molar refractivity (Wildman–Crippen MR) is 140 cm³/mol. The van der Waals surface area contributed by atoms with E-state index in [1.54, 1.807) is 48.4 Å². The first-order valence-electron chi connectivity index (χ1n) is 11.5. The Morgan fingerprint density at radius 1 is 1.11 bits per heavy atom. The average Bonchev–Trinajstić information content (AvgIpc) is 3.27. The SMILES string of the molecule is Cc1c(Cc2ccnc3ccc(S(C)(=O)=O)cc23)ccc(CC(=O)Nc2cnn(C(C)(C)C)c2)c1F.[HH]. The van der Waals surface area contributed by atoms with E-state index in [1.165, 1.54) is 6.07 Å². The maximum absolute atomic E-state index is 15.3. The number of fused-ring (bicyclic) bond motifs is 1. The molecule has 0 atom stereocenters. The molecule has 0 aliphatic heterocycles. The van der Waals surface area contributed by atoms with Gasteiger partial charge in [0, 0.05) is 25.5 Å². The second-order valence-electron chi connectivity index (χ2n) is 9.99. The molecule has 9 heteroatoms. The largest absolute Gasteiger partial charge is 0.323 e. The number of sulfone groups is 1. The fourth-order valence-corrected chi connectivity index (χ4v) is 4.66. The quantitative estimate of drug-likeness (QED) is 0.392. The van der Waals surface area contributed by atoms with Crippen molar-refractivity contribution in [2.75, 3.05) is 11.6 Å². The minimum Gasteiger partial charge on any atom is -0.323 e. The Hall–Kier alpha value is -3.59. The lowest BCUT2D eigenvalue weighted by atomic mass is 9.95. The molecule has 4 aromatic rings. The van der Waals surface area contributed by atoms with Crippen LogP contribution in [0.5, 0.6) is 0 Å². The lowest BCUT2D eigenvalue weighted by Crippen LogP contribution is -2.22. The fourth-order valence-electron chi connectivity index (χ4n) is 4.01. The Labute approximate surface area is 211 Å². The van der Waals surface area contributed by atoms with Crippen LogP contribution in [0.2, 0.25) is 0 Å². The van der Waals surface area contributed by atoms with E-state index >= 15 is 4.39 Å². The molecule has 2 aromatic heterocycles. The number of nitrogens with one attached hydrogen (secondary N) is 1. The molecule has 1 N–H and O–H groups in total. The Balaban J connectivity index is 0.00000380. The van der Waals surface area contributed by atoms with Crippen LogP contribution in [0.4, 0.5) is 10.1 Å². The summed E-state index contributed by atoms with van der Waals surface area (Å²) in [6.07, 6.45) is 6.43. The van der Waals surface area contributed by atoms with Crippen molar-refractivity contribution in [1.29, 1.82) is 0 Å². The van der Waals surface area contributed by atoms with Gasteiger partial charge in [-0.05, 0) is 80.6 Å². The van der Waals surface area contributed by atoms with Gasteiger partial charge < -0.3 is 5.32 Å². The monoisotopic (exact) mass is 510 g/mol. The molecule has 2 aromatic carbocycles. The summed E-state index contributed by atoms with van der Waals surface area (Å²) < 4.78 is 41.1. The number of rotatable bonds is 6. The van der Waals surface area contributed by atoms with Gasteiger partial charge in [-0.15, -0.1) is 0 Å². The lowest BCUT2D eigenvalue weighted by molar-refractivity contribution is -0.115. The first-order chi connectivity index (χ1) is 16.8. The summed E-state index contributed by atoms with van der Waals surface area (Å²) in [5.41, 5.74) is 3.35. The molecule has 0 spiro atoms. The molecule has 0 unspecified atom stereocenters. The number of nitrogens with zero attached hydrogens (tertiary/aromatic N) is 3. The molecule has 0 fully saturated rings. The number of amides is 1. The van der Waals surface area contributed by atoms with Crippen LogP contribution in [0.3, 0.4) is 0 Å². The maximum Gasteiger partial charge on any atom is 0.228 e. The summed E-state index contributed by atoms with van der Waals surface area (Å²) in [5.74, 6) is -0.758. The van der Waals surface area contributed by atoms with Gasteiger partial charge in [-0.25, -0.2) is 12.8 Å². The molecule has 4 rings (SSSR count). The summed E-state index contributed by atoms with van der Waals surface area (Å²) in [7, 11) is -3.38. The Morgan fingerprint density at radius 2 is 1.83 bits per heavy atom. The van der Waals surface area contributed by atoms with Crippen LogP contribution in [0, 0.1) is 12.7 Å². The second kappa shape index (κ2) is 9.46. The van der Waals surface area contributed by atoms with Gasteiger partial charge in [-0.2, -0.15) is 5.10 Å². The number of carbonyl (C=O) groups excluding carboxylic acids is 1. The van der Waals surface area contributed by atoms with E-state index in [0.717, 1.165) is 17.4 Å². The fraction of sp³-hybridized carbons (Fsp3) is 0.296. The Bertz CT molecular complexity index is 1580. The van der Waals surface area contributed by atoms with Crippen LogP contribution < -0.4 is 5.32 Å². The Kier molecular flexibility index (Phi) is 6.70. The third-order valence-corrected chi connectivity index (χ3v) is 7.21. The van der Waals surface area contributed by atoms with Gasteiger partial charge in [0.1, 0.15) is 5.82 Å². The normalized spacial score (nSPS) is 12.2. The van der Waals surface area contributed by atoms with Gasteiger partial charge >= 0.3 is 0 Å². The van der Waals surface area contributed by atoms with Crippen molar-refractivity contribution in [3.63, 3.8) is 0 Å². The smallest absolute Gasteiger partial charge is 0.228 e. The van der Waals surface area contributed by atoms with E-state index in [9.17, 15) is 13.2 Å². The zero-order chi connectivity index (χ0) is 26.3. The highest BCUT2D eigenvalue weighted by atomic mass is 32.2. The van der Waals surface area contributed by atoms with Gasteiger partial charge in [-0.1, -0.05) is 12.1 Å². The third kappa shape index (κ3) is 5.46.